The molecule has 0 unspecified atom stereocenters. The first-order valence-corrected chi connectivity index (χ1v) is 9.94. The van der Waals surface area contributed by atoms with Gasteiger partial charge in [0.15, 0.2) is 0 Å². The Labute approximate surface area is 147 Å². The van der Waals surface area contributed by atoms with Gasteiger partial charge in [-0.2, -0.15) is 11.3 Å². The largest absolute Gasteiger partial charge is 0.325 e. The molecule has 130 valence electrons. The summed E-state index contributed by atoms with van der Waals surface area (Å²) in [4.78, 5) is 28.8. The molecule has 3 heterocycles. The standard InChI is InChI=1S/C18H25N3O2S/c1-13-10-15(14-4-9-24-12-14)11-20(13)7-8-21-16(22)18(19-17(21)23)5-2-3-6-18/h4,9,12-13,15H,2-3,5-8,10-11H2,1H3,(H,19,23)/t13-,15+/m0/s1. The number of hydrogen-bond acceptors (Lipinski definition) is 4. The van der Waals surface area contributed by atoms with Gasteiger partial charge in [0.05, 0.1) is 0 Å². The smallest absolute Gasteiger partial charge is 0.323 e. The van der Waals surface area contributed by atoms with Crippen molar-refractivity contribution in [1.82, 2.24) is 15.1 Å². The third kappa shape index (κ3) is 2.65. The van der Waals surface area contributed by atoms with E-state index in [2.05, 4.69) is 34.0 Å². The fraction of sp³-hybridized carbons (Fsp3) is 0.667. The van der Waals surface area contributed by atoms with E-state index in [0.29, 0.717) is 18.5 Å². The van der Waals surface area contributed by atoms with Gasteiger partial charge in [-0.05, 0) is 54.5 Å². The Morgan fingerprint density at radius 2 is 2.08 bits per heavy atom. The Morgan fingerprint density at radius 1 is 1.29 bits per heavy atom. The van der Waals surface area contributed by atoms with Gasteiger partial charge >= 0.3 is 6.03 Å². The van der Waals surface area contributed by atoms with Gasteiger partial charge in [-0.15, -0.1) is 0 Å². The number of urea groups is 1. The van der Waals surface area contributed by atoms with Crippen molar-refractivity contribution >= 4 is 23.3 Å². The Balaban J connectivity index is 1.37. The number of carbonyl (C=O) groups excluding carboxylic acids is 2. The van der Waals surface area contributed by atoms with Crippen LogP contribution in [-0.2, 0) is 4.79 Å². The number of amides is 3. The molecule has 0 aromatic carbocycles. The lowest BCUT2D eigenvalue weighted by molar-refractivity contribution is -0.131. The number of nitrogens with zero attached hydrogens (tertiary/aromatic N) is 2. The van der Waals surface area contributed by atoms with Crippen molar-refractivity contribution in [3.05, 3.63) is 22.4 Å². The maximum absolute atomic E-state index is 12.7. The summed E-state index contributed by atoms with van der Waals surface area (Å²) in [6, 6.07) is 2.52. The highest BCUT2D eigenvalue weighted by atomic mass is 32.1. The monoisotopic (exact) mass is 347 g/mol. The molecule has 1 N–H and O–H groups in total. The molecule has 1 saturated carbocycles. The van der Waals surface area contributed by atoms with E-state index in [1.807, 2.05) is 0 Å². The zero-order valence-corrected chi connectivity index (χ0v) is 15.0. The van der Waals surface area contributed by atoms with Crippen LogP contribution in [0.4, 0.5) is 4.79 Å². The lowest BCUT2D eigenvalue weighted by Crippen LogP contribution is -2.45. The van der Waals surface area contributed by atoms with E-state index in [0.717, 1.165) is 45.2 Å². The normalized spacial score (nSPS) is 29.8. The van der Waals surface area contributed by atoms with Crippen LogP contribution in [-0.4, -0.2) is 53.0 Å². The number of likely N-dealkylation sites (tertiary alicyclic amines) is 1. The van der Waals surface area contributed by atoms with E-state index in [1.165, 1.54) is 10.5 Å². The summed E-state index contributed by atoms with van der Waals surface area (Å²) in [5, 5.41) is 7.34. The fourth-order valence-corrected chi connectivity index (χ4v) is 5.33. The highest BCUT2D eigenvalue weighted by Crippen LogP contribution is 2.36. The maximum Gasteiger partial charge on any atom is 0.325 e. The molecule has 6 heteroatoms. The minimum absolute atomic E-state index is 0.00577. The molecule has 5 nitrogen and oxygen atoms in total. The summed E-state index contributed by atoms with van der Waals surface area (Å²) in [7, 11) is 0. The Morgan fingerprint density at radius 3 is 2.79 bits per heavy atom. The Kier molecular flexibility index (Phi) is 4.12. The zero-order chi connectivity index (χ0) is 16.7. The van der Waals surface area contributed by atoms with Crippen molar-refractivity contribution < 1.29 is 9.59 Å². The summed E-state index contributed by atoms with van der Waals surface area (Å²) in [6.07, 6.45) is 4.82. The quantitative estimate of drug-likeness (QED) is 0.852. The van der Waals surface area contributed by atoms with Gasteiger partial charge in [0, 0.05) is 25.7 Å². The molecule has 0 bridgehead atoms. The molecule has 1 spiro atoms. The molecule has 2 atom stereocenters. The molecule has 3 amide bonds. The van der Waals surface area contributed by atoms with Crippen LogP contribution in [0.25, 0.3) is 0 Å². The number of rotatable bonds is 4. The van der Waals surface area contributed by atoms with Gasteiger partial charge < -0.3 is 5.32 Å². The predicted molar refractivity (Wildman–Crippen MR) is 94.2 cm³/mol. The number of carbonyl (C=O) groups is 2. The van der Waals surface area contributed by atoms with Crippen molar-refractivity contribution in [2.45, 2.75) is 56.5 Å². The van der Waals surface area contributed by atoms with Gasteiger partial charge in [0.25, 0.3) is 5.91 Å². The van der Waals surface area contributed by atoms with E-state index < -0.39 is 5.54 Å². The summed E-state index contributed by atoms with van der Waals surface area (Å²) < 4.78 is 0. The average Bonchev–Trinajstić information content (AvgIpc) is 3.30. The van der Waals surface area contributed by atoms with Crippen LogP contribution in [0.5, 0.6) is 0 Å². The average molecular weight is 347 g/mol. The van der Waals surface area contributed by atoms with Crippen LogP contribution in [0, 0.1) is 0 Å². The minimum atomic E-state index is -0.576. The Hall–Kier alpha value is -1.40. The van der Waals surface area contributed by atoms with E-state index in [-0.39, 0.29) is 11.9 Å². The highest BCUT2D eigenvalue weighted by Gasteiger charge is 2.52. The van der Waals surface area contributed by atoms with Gasteiger partial charge in [0.2, 0.25) is 0 Å². The predicted octanol–water partition coefficient (Wildman–Crippen LogP) is 2.79. The summed E-state index contributed by atoms with van der Waals surface area (Å²) in [5.41, 5.74) is 0.849. The van der Waals surface area contributed by atoms with Crippen LogP contribution < -0.4 is 5.32 Å². The Bertz CT molecular complexity index is 624. The van der Waals surface area contributed by atoms with Crippen LogP contribution >= 0.6 is 11.3 Å². The zero-order valence-electron chi connectivity index (χ0n) is 14.2. The molecule has 1 aromatic heterocycles. The second kappa shape index (κ2) is 6.15. The summed E-state index contributed by atoms with van der Waals surface area (Å²) in [6.45, 7) is 4.55. The molecule has 24 heavy (non-hydrogen) atoms. The van der Waals surface area contributed by atoms with Crippen molar-refractivity contribution in [3.8, 4) is 0 Å². The third-order valence-electron chi connectivity index (χ3n) is 6.03. The maximum atomic E-state index is 12.7. The first-order valence-electron chi connectivity index (χ1n) is 8.99. The SMILES string of the molecule is C[C@H]1C[C@@H](c2ccsc2)CN1CCN1C(=O)NC2(CCCC2)C1=O. The topological polar surface area (TPSA) is 52.6 Å². The molecule has 4 rings (SSSR count). The molecule has 1 aliphatic carbocycles. The van der Waals surface area contributed by atoms with Gasteiger partial charge in [0.1, 0.15) is 5.54 Å². The van der Waals surface area contributed by atoms with Gasteiger partial charge in [-0.3, -0.25) is 14.6 Å². The molecule has 3 fully saturated rings. The van der Waals surface area contributed by atoms with Crippen molar-refractivity contribution in [1.29, 1.82) is 0 Å². The van der Waals surface area contributed by atoms with E-state index >= 15 is 0 Å². The number of nitrogens with one attached hydrogen (secondary N) is 1. The lowest BCUT2D eigenvalue weighted by Gasteiger charge is -2.24. The van der Waals surface area contributed by atoms with Crippen molar-refractivity contribution in [2.75, 3.05) is 19.6 Å². The van der Waals surface area contributed by atoms with E-state index in [4.69, 9.17) is 0 Å². The second-order valence-corrected chi connectivity index (χ2v) is 8.29. The van der Waals surface area contributed by atoms with Crippen molar-refractivity contribution in [2.24, 2.45) is 0 Å². The molecular formula is C18H25N3O2S. The molecule has 2 aliphatic heterocycles. The number of hydrogen-bond donors (Lipinski definition) is 1. The third-order valence-corrected chi connectivity index (χ3v) is 6.73. The first-order chi connectivity index (χ1) is 11.6. The molecule has 1 aromatic rings. The lowest BCUT2D eigenvalue weighted by atomic mass is 9.98. The number of imide groups is 1. The van der Waals surface area contributed by atoms with Crippen LogP contribution in [0.2, 0.25) is 0 Å². The summed E-state index contributed by atoms with van der Waals surface area (Å²) >= 11 is 1.75. The second-order valence-electron chi connectivity index (χ2n) is 7.51. The van der Waals surface area contributed by atoms with Crippen LogP contribution in [0.15, 0.2) is 16.8 Å². The minimum Gasteiger partial charge on any atom is -0.323 e. The highest BCUT2D eigenvalue weighted by molar-refractivity contribution is 7.08. The van der Waals surface area contributed by atoms with Crippen molar-refractivity contribution in [3.63, 3.8) is 0 Å². The number of thiophene rings is 1. The van der Waals surface area contributed by atoms with Crippen LogP contribution in [0.3, 0.4) is 0 Å². The van der Waals surface area contributed by atoms with Gasteiger partial charge in [-0.1, -0.05) is 12.8 Å². The van der Waals surface area contributed by atoms with E-state index in [9.17, 15) is 9.59 Å². The molecule has 3 aliphatic rings. The first kappa shape index (κ1) is 16.1. The molecule has 0 radical (unpaired) electrons. The van der Waals surface area contributed by atoms with Gasteiger partial charge in [-0.25, -0.2) is 4.79 Å². The van der Waals surface area contributed by atoms with Crippen LogP contribution in [0.1, 0.15) is 50.5 Å². The summed E-state index contributed by atoms with van der Waals surface area (Å²) in [5.74, 6) is 0.585. The van der Waals surface area contributed by atoms with E-state index in [1.54, 1.807) is 11.3 Å². The fourth-order valence-electron chi connectivity index (χ4n) is 4.58. The molecule has 2 saturated heterocycles. The molecular weight excluding hydrogens is 322 g/mol.